The average Bonchev–Trinajstić information content (AvgIpc) is 3.11. The molecule has 2 aliphatic rings. The number of piperidine rings is 1. The molecule has 0 amide bonds. The fourth-order valence-electron chi connectivity index (χ4n) is 3.92. The van der Waals surface area contributed by atoms with Crippen LogP contribution in [0.2, 0.25) is 0 Å². The van der Waals surface area contributed by atoms with Crippen molar-refractivity contribution >= 4 is 11.6 Å². The lowest BCUT2D eigenvalue weighted by molar-refractivity contribution is 0.240. The van der Waals surface area contributed by atoms with Crippen molar-refractivity contribution in [1.29, 1.82) is 0 Å². The molecule has 1 aliphatic heterocycles. The van der Waals surface area contributed by atoms with Gasteiger partial charge in [0.15, 0.2) is 5.65 Å². The molecule has 1 aliphatic carbocycles. The second kappa shape index (κ2) is 7.55. The first-order chi connectivity index (χ1) is 14.2. The van der Waals surface area contributed by atoms with E-state index in [-0.39, 0.29) is 6.04 Å². The largest absolute Gasteiger partial charge is 0.495 e. The predicted molar refractivity (Wildman–Crippen MR) is 107 cm³/mol. The monoisotopic (exact) mass is 397 g/mol. The van der Waals surface area contributed by atoms with E-state index in [0.717, 1.165) is 30.0 Å². The summed E-state index contributed by atoms with van der Waals surface area (Å²) in [5.41, 5.74) is 3.12. The van der Waals surface area contributed by atoms with E-state index in [4.69, 9.17) is 9.84 Å². The molecule has 1 saturated carbocycles. The molecule has 2 fully saturated rings. The van der Waals surface area contributed by atoms with Gasteiger partial charge >= 0.3 is 0 Å². The van der Waals surface area contributed by atoms with E-state index in [1.54, 1.807) is 19.5 Å². The van der Waals surface area contributed by atoms with Crippen LogP contribution in [0.4, 0.5) is 10.3 Å². The number of rotatable bonds is 5. The molecule has 5 rings (SSSR count). The van der Waals surface area contributed by atoms with Gasteiger partial charge < -0.3 is 15.4 Å². The molecule has 3 aromatic rings. The number of imidazole rings is 1. The topological polar surface area (TPSA) is 89.3 Å². The molecular weight excluding hydrogens is 373 g/mol. The molecule has 152 valence electrons. The molecule has 2 atom stereocenters. The molecule has 4 heterocycles. The molecular formula is C20H24FN7O. The Morgan fingerprint density at radius 3 is 2.93 bits per heavy atom. The van der Waals surface area contributed by atoms with Gasteiger partial charge in [0.2, 0.25) is 5.95 Å². The lowest BCUT2D eigenvalue weighted by Crippen LogP contribution is -2.46. The van der Waals surface area contributed by atoms with Crippen LogP contribution in [0.25, 0.3) is 17.0 Å². The average molecular weight is 397 g/mol. The third-order valence-corrected chi connectivity index (χ3v) is 5.83. The lowest BCUT2D eigenvalue weighted by Gasteiger charge is -2.27. The van der Waals surface area contributed by atoms with E-state index >= 15 is 0 Å². The minimum absolute atomic E-state index is 0.339. The van der Waals surface area contributed by atoms with Crippen molar-refractivity contribution in [2.45, 2.75) is 43.8 Å². The highest BCUT2D eigenvalue weighted by Crippen LogP contribution is 2.40. The van der Waals surface area contributed by atoms with E-state index in [1.807, 2.05) is 16.6 Å². The van der Waals surface area contributed by atoms with Crippen LogP contribution in [0.3, 0.4) is 0 Å². The van der Waals surface area contributed by atoms with E-state index < -0.39 is 6.17 Å². The van der Waals surface area contributed by atoms with Gasteiger partial charge in [-0.15, -0.1) is 0 Å². The zero-order valence-corrected chi connectivity index (χ0v) is 16.3. The van der Waals surface area contributed by atoms with Crippen molar-refractivity contribution in [1.82, 2.24) is 29.9 Å². The van der Waals surface area contributed by atoms with Crippen LogP contribution in [0.15, 0.2) is 24.5 Å². The summed E-state index contributed by atoms with van der Waals surface area (Å²) in [5, 5.41) is 11.2. The summed E-state index contributed by atoms with van der Waals surface area (Å²) < 4.78 is 21.5. The van der Waals surface area contributed by atoms with E-state index in [2.05, 4.69) is 25.6 Å². The first-order valence-corrected chi connectivity index (χ1v) is 10.1. The Morgan fingerprint density at radius 1 is 1.28 bits per heavy atom. The molecule has 3 aromatic heterocycles. The Hall–Kier alpha value is -2.81. The van der Waals surface area contributed by atoms with Gasteiger partial charge in [-0.2, -0.15) is 5.10 Å². The van der Waals surface area contributed by atoms with Crippen LogP contribution < -0.4 is 15.4 Å². The summed E-state index contributed by atoms with van der Waals surface area (Å²) in [7, 11) is 1.67. The molecule has 29 heavy (non-hydrogen) atoms. The van der Waals surface area contributed by atoms with Crippen LogP contribution in [0, 0.1) is 0 Å². The van der Waals surface area contributed by atoms with Crippen molar-refractivity contribution in [2.24, 2.45) is 0 Å². The summed E-state index contributed by atoms with van der Waals surface area (Å²) in [6, 6.07) is 3.40. The predicted octanol–water partition coefficient (Wildman–Crippen LogP) is 2.57. The summed E-state index contributed by atoms with van der Waals surface area (Å²) >= 11 is 0. The van der Waals surface area contributed by atoms with Crippen molar-refractivity contribution in [2.75, 3.05) is 25.5 Å². The van der Waals surface area contributed by atoms with E-state index in [1.165, 1.54) is 6.42 Å². The number of methoxy groups -OCH3 is 1. The van der Waals surface area contributed by atoms with Crippen molar-refractivity contribution in [3.63, 3.8) is 0 Å². The highest BCUT2D eigenvalue weighted by molar-refractivity contribution is 5.61. The maximum Gasteiger partial charge on any atom is 0.223 e. The van der Waals surface area contributed by atoms with Crippen LogP contribution >= 0.6 is 0 Å². The molecule has 8 nitrogen and oxygen atoms in total. The van der Waals surface area contributed by atoms with Gasteiger partial charge in [-0.25, -0.2) is 23.9 Å². The number of aromatic nitrogens is 5. The quantitative estimate of drug-likeness (QED) is 0.684. The van der Waals surface area contributed by atoms with Gasteiger partial charge in [0.1, 0.15) is 23.3 Å². The van der Waals surface area contributed by atoms with Crippen LogP contribution in [-0.4, -0.2) is 57.0 Å². The highest BCUT2D eigenvalue weighted by atomic mass is 19.1. The summed E-state index contributed by atoms with van der Waals surface area (Å²) in [6.45, 7) is 1.25. The molecule has 2 N–H and O–H groups in total. The van der Waals surface area contributed by atoms with Crippen LogP contribution in [-0.2, 0) is 0 Å². The summed E-state index contributed by atoms with van der Waals surface area (Å²) in [6.07, 6.45) is 6.46. The number of nitrogens with zero attached hydrogens (tertiary/aromatic N) is 5. The van der Waals surface area contributed by atoms with Gasteiger partial charge in [-0.05, 0) is 31.9 Å². The zero-order chi connectivity index (χ0) is 19.8. The normalized spacial score (nSPS) is 22.4. The number of hydrogen-bond acceptors (Lipinski definition) is 7. The Bertz CT molecular complexity index is 1020. The van der Waals surface area contributed by atoms with Crippen molar-refractivity contribution < 1.29 is 9.13 Å². The standard InChI is InChI=1S/C20H24FN7O/c1-29-17-9-18-24-11-16(28(18)27-19(17)12-3-2-4-12)14-6-8-23-20(25-14)26-15-10-22-7-5-13(15)21/h6,8-9,11-13,15,22H,2-5,7,10H2,1H3,(H,23,25,26). The third-order valence-electron chi connectivity index (χ3n) is 5.83. The second-order valence-corrected chi connectivity index (χ2v) is 7.66. The Labute approximate surface area is 167 Å². The number of hydrogen-bond donors (Lipinski definition) is 2. The number of nitrogens with one attached hydrogen (secondary N) is 2. The van der Waals surface area contributed by atoms with Crippen LogP contribution in [0.1, 0.15) is 37.3 Å². The molecule has 0 radical (unpaired) electrons. The molecule has 0 aromatic carbocycles. The molecule has 2 unspecified atom stereocenters. The van der Waals surface area contributed by atoms with E-state index in [0.29, 0.717) is 42.7 Å². The summed E-state index contributed by atoms with van der Waals surface area (Å²) in [5.74, 6) is 1.61. The summed E-state index contributed by atoms with van der Waals surface area (Å²) in [4.78, 5) is 13.3. The Morgan fingerprint density at radius 2 is 2.17 bits per heavy atom. The number of halogens is 1. The number of alkyl halides is 1. The van der Waals surface area contributed by atoms with Crippen molar-refractivity contribution in [3.8, 4) is 17.1 Å². The Balaban J connectivity index is 1.49. The molecule has 0 bridgehead atoms. The van der Waals surface area contributed by atoms with Gasteiger partial charge in [0, 0.05) is 24.7 Å². The second-order valence-electron chi connectivity index (χ2n) is 7.66. The van der Waals surface area contributed by atoms with Gasteiger partial charge in [0.25, 0.3) is 0 Å². The van der Waals surface area contributed by atoms with Gasteiger partial charge in [-0.1, -0.05) is 6.42 Å². The minimum atomic E-state index is -0.918. The molecule has 9 heteroatoms. The van der Waals surface area contributed by atoms with E-state index in [9.17, 15) is 4.39 Å². The molecule has 0 spiro atoms. The maximum atomic E-state index is 14.2. The first kappa shape index (κ1) is 18.2. The van der Waals surface area contributed by atoms with Gasteiger partial charge in [0.05, 0.1) is 25.0 Å². The fourth-order valence-corrected chi connectivity index (χ4v) is 3.92. The van der Waals surface area contributed by atoms with Crippen molar-refractivity contribution in [3.05, 3.63) is 30.2 Å². The molecule has 1 saturated heterocycles. The lowest BCUT2D eigenvalue weighted by atomic mass is 9.82. The number of anilines is 1. The highest BCUT2D eigenvalue weighted by Gasteiger charge is 2.27. The zero-order valence-electron chi connectivity index (χ0n) is 16.3. The smallest absolute Gasteiger partial charge is 0.223 e. The number of fused-ring (bicyclic) bond motifs is 1. The SMILES string of the molecule is COc1cc2ncc(-c3ccnc(NC4CNCCC4F)n3)n2nc1C1CCC1. The fraction of sp³-hybridized carbons (Fsp3) is 0.500. The minimum Gasteiger partial charge on any atom is -0.495 e. The van der Waals surface area contributed by atoms with Crippen LogP contribution in [0.5, 0.6) is 5.75 Å². The third kappa shape index (κ3) is 3.39. The maximum absolute atomic E-state index is 14.2. The van der Waals surface area contributed by atoms with Gasteiger partial charge in [-0.3, -0.25) is 0 Å². The Kier molecular flexibility index (Phi) is 4.75. The number of ether oxygens (including phenoxy) is 1. The first-order valence-electron chi connectivity index (χ1n) is 10.1.